The molecule has 0 bridgehead atoms. The molecule has 0 aliphatic heterocycles. The van der Waals surface area contributed by atoms with Gasteiger partial charge in [-0.25, -0.2) is 33.7 Å². The Kier molecular flexibility index (Phi) is 11.6. The van der Waals surface area contributed by atoms with E-state index < -0.39 is 45.5 Å². The SMILES string of the molecule is Cc1ccc(S(=O)(=O)N(c2ccc(C3(c4ccc(N(S(=O)(=O)c5ccc(C)cc5)S(=O)(=O)c5ccc(C)cc5)cc4)CCCCC3)cc2)S(=O)(=O)c2ccc(C)cc2)cc1. The Bertz CT molecular complexity index is 2600. The van der Waals surface area contributed by atoms with Gasteiger partial charge in [-0.15, -0.1) is 0 Å². The fourth-order valence-corrected chi connectivity index (χ4v) is 15.1. The van der Waals surface area contributed by atoms with Crippen LogP contribution in [0.3, 0.4) is 0 Å². The van der Waals surface area contributed by atoms with Gasteiger partial charge in [-0.2, -0.15) is 7.42 Å². The zero-order valence-electron chi connectivity index (χ0n) is 33.7. The van der Waals surface area contributed by atoms with Crippen molar-refractivity contribution in [3.05, 3.63) is 179 Å². The van der Waals surface area contributed by atoms with E-state index in [-0.39, 0.29) is 31.0 Å². The molecule has 0 unspecified atom stereocenters. The molecule has 0 spiro atoms. The number of nitrogens with zero attached hydrogens (tertiary/aromatic N) is 2. The van der Waals surface area contributed by atoms with Gasteiger partial charge < -0.3 is 0 Å². The molecular formula is C46H46N2O8S4. The van der Waals surface area contributed by atoms with Crippen LogP contribution >= 0.6 is 0 Å². The van der Waals surface area contributed by atoms with Crippen molar-refractivity contribution >= 4 is 51.5 Å². The molecule has 60 heavy (non-hydrogen) atoms. The van der Waals surface area contributed by atoms with Crippen molar-refractivity contribution in [2.45, 2.75) is 84.8 Å². The molecule has 14 heteroatoms. The lowest BCUT2D eigenvalue weighted by atomic mass is 9.65. The number of aryl methyl sites for hydroxylation is 4. The minimum Gasteiger partial charge on any atom is -0.200 e. The molecule has 10 nitrogen and oxygen atoms in total. The highest BCUT2D eigenvalue weighted by Crippen LogP contribution is 2.46. The maximum absolute atomic E-state index is 14.3. The zero-order chi connectivity index (χ0) is 43.1. The molecule has 0 saturated heterocycles. The van der Waals surface area contributed by atoms with Crippen molar-refractivity contribution in [1.29, 1.82) is 0 Å². The number of rotatable bonds is 12. The molecule has 1 saturated carbocycles. The van der Waals surface area contributed by atoms with E-state index in [1.807, 2.05) is 0 Å². The van der Waals surface area contributed by atoms with Gasteiger partial charge in [-0.1, -0.05) is 114 Å². The number of hydrogen-bond donors (Lipinski definition) is 0. The van der Waals surface area contributed by atoms with Gasteiger partial charge in [-0.3, -0.25) is 0 Å². The summed E-state index contributed by atoms with van der Waals surface area (Å²) in [5, 5.41) is 0. The molecule has 0 aromatic heterocycles. The Balaban J connectivity index is 1.32. The topological polar surface area (TPSA) is 143 Å². The number of anilines is 2. The predicted molar refractivity (Wildman–Crippen MR) is 235 cm³/mol. The molecular weight excluding hydrogens is 837 g/mol. The minimum absolute atomic E-state index is 0.0699. The third-order valence-corrected chi connectivity index (χ3v) is 19.5. The highest BCUT2D eigenvalue weighted by molar-refractivity contribution is 8.10. The lowest BCUT2D eigenvalue weighted by Gasteiger charge is -2.39. The monoisotopic (exact) mass is 882 g/mol. The van der Waals surface area contributed by atoms with Crippen LogP contribution in [0.4, 0.5) is 11.4 Å². The highest BCUT2D eigenvalue weighted by atomic mass is 32.3. The van der Waals surface area contributed by atoms with Crippen LogP contribution in [-0.2, 0) is 45.5 Å². The molecule has 0 amide bonds. The Hall–Kier alpha value is -5.28. The number of benzene rings is 6. The molecule has 7 rings (SSSR count). The lowest BCUT2D eigenvalue weighted by Crippen LogP contribution is -2.37. The quantitative estimate of drug-likeness (QED) is 0.118. The van der Waals surface area contributed by atoms with E-state index in [9.17, 15) is 33.7 Å². The number of sulfonamides is 4. The summed E-state index contributed by atoms with van der Waals surface area (Å²) < 4.78 is 115. The molecule has 1 fully saturated rings. The van der Waals surface area contributed by atoms with Gasteiger partial charge in [0.1, 0.15) is 0 Å². The van der Waals surface area contributed by atoms with E-state index in [1.54, 1.807) is 100 Å². The van der Waals surface area contributed by atoms with Gasteiger partial charge in [0.05, 0.1) is 31.0 Å². The molecule has 6 aromatic carbocycles. The van der Waals surface area contributed by atoms with Crippen molar-refractivity contribution in [2.75, 3.05) is 7.42 Å². The van der Waals surface area contributed by atoms with Crippen molar-refractivity contribution in [3.8, 4) is 0 Å². The van der Waals surface area contributed by atoms with Gasteiger partial charge in [-0.05, 0) is 124 Å². The van der Waals surface area contributed by atoms with Crippen LogP contribution in [0.15, 0.2) is 165 Å². The average Bonchev–Trinajstić information content (AvgIpc) is 3.22. The first-order chi connectivity index (χ1) is 28.4. The van der Waals surface area contributed by atoms with Gasteiger partial charge in [0, 0.05) is 5.41 Å². The van der Waals surface area contributed by atoms with Crippen LogP contribution in [0.1, 0.15) is 65.5 Å². The van der Waals surface area contributed by atoms with Gasteiger partial charge in [0.15, 0.2) is 0 Å². The highest BCUT2D eigenvalue weighted by Gasteiger charge is 2.41. The second-order valence-corrected chi connectivity index (χ2v) is 23.0. The van der Waals surface area contributed by atoms with Crippen molar-refractivity contribution in [2.24, 2.45) is 0 Å². The second kappa shape index (κ2) is 16.3. The summed E-state index contributed by atoms with van der Waals surface area (Å²) in [6.45, 7) is 7.23. The summed E-state index contributed by atoms with van der Waals surface area (Å²) in [6, 6.07) is 36.9. The van der Waals surface area contributed by atoms with Crippen molar-refractivity contribution in [3.63, 3.8) is 0 Å². The Morgan fingerprint density at radius 1 is 0.333 bits per heavy atom. The maximum atomic E-state index is 14.3. The molecule has 0 heterocycles. The van der Waals surface area contributed by atoms with Crippen molar-refractivity contribution in [1.82, 2.24) is 0 Å². The Labute approximate surface area is 354 Å². The zero-order valence-corrected chi connectivity index (χ0v) is 37.0. The van der Waals surface area contributed by atoms with Crippen molar-refractivity contribution < 1.29 is 33.7 Å². The first-order valence-electron chi connectivity index (χ1n) is 19.5. The average molecular weight is 883 g/mol. The van der Waals surface area contributed by atoms with E-state index in [2.05, 4.69) is 0 Å². The van der Waals surface area contributed by atoms with Crippen LogP contribution in [-0.4, -0.2) is 33.7 Å². The van der Waals surface area contributed by atoms with E-state index >= 15 is 0 Å². The summed E-state index contributed by atoms with van der Waals surface area (Å²) in [4.78, 5) is -0.724. The number of hydrogen-bond acceptors (Lipinski definition) is 8. The smallest absolute Gasteiger partial charge is 0.200 e. The molecule has 0 atom stereocenters. The van der Waals surface area contributed by atoms with Crippen LogP contribution < -0.4 is 7.42 Å². The Morgan fingerprint density at radius 2 is 0.567 bits per heavy atom. The molecule has 1 aliphatic rings. The van der Waals surface area contributed by atoms with Crippen LogP contribution in [0.25, 0.3) is 0 Å². The first-order valence-corrected chi connectivity index (χ1v) is 25.2. The minimum atomic E-state index is -4.63. The van der Waals surface area contributed by atoms with E-state index in [0.717, 1.165) is 52.6 Å². The summed E-state index contributed by atoms with van der Waals surface area (Å²) >= 11 is 0. The van der Waals surface area contributed by atoms with Gasteiger partial charge in [0.25, 0.3) is 40.1 Å². The third kappa shape index (κ3) is 8.01. The van der Waals surface area contributed by atoms with E-state index in [0.29, 0.717) is 20.3 Å². The maximum Gasteiger partial charge on any atom is 0.277 e. The van der Waals surface area contributed by atoms with Crippen LogP contribution in [0, 0.1) is 27.7 Å². The molecule has 312 valence electrons. The van der Waals surface area contributed by atoms with E-state index in [4.69, 9.17) is 0 Å². The summed E-state index contributed by atoms with van der Waals surface area (Å²) in [6.07, 6.45) is 4.06. The lowest BCUT2D eigenvalue weighted by molar-refractivity contribution is 0.346. The third-order valence-electron chi connectivity index (χ3n) is 11.1. The van der Waals surface area contributed by atoms with E-state index in [1.165, 1.54) is 72.8 Å². The second-order valence-electron chi connectivity index (χ2n) is 15.4. The Morgan fingerprint density at radius 3 is 0.800 bits per heavy atom. The predicted octanol–water partition coefficient (Wildman–Crippen LogP) is 9.34. The van der Waals surface area contributed by atoms with Gasteiger partial charge >= 0.3 is 0 Å². The fraction of sp³-hybridized carbons (Fsp3) is 0.217. The fourth-order valence-electron chi connectivity index (χ4n) is 7.74. The largest absolute Gasteiger partial charge is 0.277 e. The molecule has 6 aromatic rings. The first kappa shape index (κ1) is 42.8. The van der Waals surface area contributed by atoms with Crippen LogP contribution in [0.2, 0.25) is 0 Å². The summed E-state index contributed by atoms with van der Waals surface area (Å²) in [5.74, 6) is 0. The normalized spacial score (nSPS) is 14.7. The summed E-state index contributed by atoms with van der Waals surface area (Å²) in [5.41, 5.74) is 4.07. The molecule has 0 N–H and O–H groups in total. The standard InChI is InChI=1S/C46H46N2O8S4/c1-34-8-24-42(25-9-34)57(49,50)47(58(51,52)43-26-10-35(2)11-27-43)40-20-16-38(17-21-40)46(32-6-5-7-33-46)39-18-22-41(23-19-39)48(59(53,54)44-28-12-36(3)13-29-44)60(55,56)45-30-14-37(4)15-31-45/h8-31H,5-7,32-33H2,1-4H3. The van der Waals surface area contributed by atoms with Crippen LogP contribution in [0.5, 0.6) is 0 Å². The molecule has 0 radical (unpaired) electrons. The summed E-state index contributed by atoms with van der Waals surface area (Å²) in [7, 11) is -18.5. The molecule has 1 aliphatic carbocycles. The van der Waals surface area contributed by atoms with Gasteiger partial charge in [0.2, 0.25) is 0 Å².